The van der Waals surface area contributed by atoms with E-state index in [-0.39, 0.29) is 0 Å². The Morgan fingerprint density at radius 2 is 2.00 bits per heavy atom. The van der Waals surface area contributed by atoms with Gasteiger partial charge in [-0.2, -0.15) is 0 Å². The molecule has 0 aliphatic heterocycles. The third kappa shape index (κ3) is 4.42. The first-order chi connectivity index (χ1) is 7.58. The number of nitrogens with one attached hydrogen (secondary N) is 1. The van der Waals surface area contributed by atoms with Gasteiger partial charge in [0.2, 0.25) is 0 Å². The Kier molecular flexibility index (Phi) is 5.77. The second-order valence-electron chi connectivity index (χ2n) is 5.74. The van der Waals surface area contributed by atoms with Gasteiger partial charge >= 0.3 is 0 Å². The van der Waals surface area contributed by atoms with Crippen LogP contribution in [-0.4, -0.2) is 37.6 Å². The molecule has 1 aliphatic carbocycles. The van der Waals surface area contributed by atoms with Gasteiger partial charge in [0.25, 0.3) is 0 Å². The van der Waals surface area contributed by atoms with E-state index < -0.39 is 0 Å². The lowest BCUT2D eigenvalue weighted by Gasteiger charge is -2.29. The van der Waals surface area contributed by atoms with Crippen molar-refractivity contribution >= 4 is 0 Å². The van der Waals surface area contributed by atoms with Gasteiger partial charge in [0.05, 0.1) is 0 Å². The molecule has 0 radical (unpaired) electrons. The molecule has 0 aromatic heterocycles. The van der Waals surface area contributed by atoms with E-state index in [4.69, 9.17) is 0 Å². The zero-order valence-corrected chi connectivity index (χ0v) is 11.8. The monoisotopic (exact) mass is 226 g/mol. The molecule has 2 heteroatoms. The van der Waals surface area contributed by atoms with Crippen LogP contribution < -0.4 is 5.32 Å². The topological polar surface area (TPSA) is 15.3 Å². The van der Waals surface area contributed by atoms with E-state index in [2.05, 4.69) is 45.0 Å². The highest BCUT2D eigenvalue weighted by Gasteiger charge is 2.33. The molecule has 1 aliphatic rings. The summed E-state index contributed by atoms with van der Waals surface area (Å²) in [6.45, 7) is 12.8. The molecule has 0 aromatic rings. The Bertz CT molecular complexity index is 193. The predicted octanol–water partition coefficient (Wildman–Crippen LogP) is 2.60. The van der Waals surface area contributed by atoms with E-state index in [0.717, 1.165) is 24.3 Å². The van der Waals surface area contributed by atoms with Crippen LogP contribution in [-0.2, 0) is 0 Å². The molecular weight excluding hydrogens is 196 g/mol. The molecule has 1 fully saturated rings. The molecule has 4 unspecified atom stereocenters. The summed E-state index contributed by atoms with van der Waals surface area (Å²) in [6, 6.07) is 0.661. The van der Waals surface area contributed by atoms with E-state index in [0.29, 0.717) is 6.04 Å². The molecule has 0 saturated heterocycles. The maximum atomic E-state index is 3.63. The fourth-order valence-corrected chi connectivity index (χ4v) is 2.46. The van der Waals surface area contributed by atoms with Gasteiger partial charge in [0.15, 0.2) is 0 Å². The fourth-order valence-electron chi connectivity index (χ4n) is 2.46. The van der Waals surface area contributed by atoms with E-state index in [1.165, 1.54) is 25.9 Å². The lowest BCUT2D eigenvalue weighted by Crippen LogP contribution is -2.44. The van der Waals surface area contributed by atoms with Gasteiger partial charge in [0, 0.05) is 19.1 Å². The van der Waals surface area contributed by atoms with Crippen LogP contribution in [0.5, 0.6) is 0 Å². The van der Waals surface area contributed by atoms with E-state index in [1.807, 2.05) is 0 Å². The largest absolute Gasteiger partial charge is 0.313 e. The van der Waals surface area contributed by atoms with Gasteiger partial charge in [0.1, 0.15) is 0 Å². The first-order valence-electron chi connectivity index (χ1n) is 7.00. The first kappa shape index (κ1) is 14.0. The van der Waals surface area contributed by atoms with E-state index in [9.17, 15) is 0 Å². The summed E-state index contributed by atoms with van der Waals surface area (Å²) in [5.41, 5.74) is 0. The summed E-state index contributed by atoms with van der Waals surface area (Å²) in [7, 11) is 2.28. The number of hydrogen-bond donors (Lipinski definition) is 1. The van der Waals surface area contributed by atoms with Gasteiger partial charge in [-0.25, -0.2) is 0 Å². The number of nitrogens with zero attached hydrogens (tertiary/aromatic N) is 1. The zero-order valence-electron chi connectivity index (χ0n) is 11.8. The second-order valence-corrected chi connectivity index (χ2v) is 5.74. The average Bonchev–Trinajstić information content (AvgIpc) is 2.92. The molecule has 0 heterocycles. The van der Waals surface area contributed by atoms with Gasteiger partial charge < -0.3 is 10.2 Å². The molecule has 1 N–H and O–H groups in total. The minimum Gasteiger partial charge on any atom is -0.313 e. The third-order valence-corrected chi connectivity index (χ3v) is 4.13. The quantitative estimate of drug-likeness (QED) is 0.684. The molecule has 0 bridgehead atoms. The molecule has 1 rings (SSSR count). The fraction of sp³-hybridized carbons (Fsp3) is 1.00. The minimum atomic E-state index is 0.661. The Hall–Kier alpha value is -0.0800. The molecule has 2 nitrogen and oxygen atoms in total. The second kappa shape index (κ2) is 6.61. The lowest BCUT2D eigenvalue weighted by atomic mass is 9.98. The molecule has 0 aromatic carbocycles. The highest BCUT2D eigenvalue weighted by atomic mass is 15.1. The van der Waals surface area contributed by atoms with Crippen LogP contribution in [0.1, 0.15) is 40.5 Å². The van der Waals surface area contributed by atoms with Crippen molar-refractivity contribution in [3.8, 4) is 0 Å². The maximum absolute atomic E-state index is 3.63. The molecule has 1 saturated carbocycles. The standard InChI is InChI=1S/C14H30N2/c1-6-11(3)14(15-7-2)10-16(5)9-13-8-12(13)4/h11-15H,6-10H2,1-5H3. The lowest BCUT2D eigenvalue weighted by molar-refractivity contribution is 0.237. The Balaban J connectivity index is 2.28. The maximum Gasteiger partial charge on any atom is 0.0220 e. The number of rotatable bonds is 8. The van der Waals surface area contributed by atoms with Crippen molar-refractivity contribution in [2.45, 2.75) is 46.6 Å². The van der Waals surface area contributed by atoms with Crippen LogP contribution in [0.3, 0.4) is 0 Å². The molecule has 4 atom stereocenters. The summed E-state index contributed by atoms with van der Waals surface area (Å²) in [4.78, 5) is 2.52. The summed E-state index contributed by atoms with van der Waals surface area (Å²) >= 11 is 0. The third-order valence-electron chi connectivity index (χ3n) is 4.13. The summed E-state index contributed by atoms with van der Waals surface area (Å²) in [5.74, 6) is 2.73. The van der Waals surface area contributed by atoms with Crippen LogP contribution in [0.25, 0.3) is 0 Å². The Morgan fingerprint density at radius 3 is 2.44 bits per heavy atom. The minimum absolute atomic E-state index is 0.661. The molecule has 16 heavy (non-hydrogen) atoms. The molecule has 0 amide bonds. The van der Waals surface area contributed by atoms with Gasteiger partial charge in [-0.15, -0.1) is 0 Å². The van der Waals surface area contributed by atoms with Crippen molar-refractivity contribution in [2.24, 2.45) is 17.8 Å². The van der Waals surface area contributed by atoms with E-state index >= 15 is 0 Å². The first-order valence-corrected chi connectivity index (χ1v) is 7.00. The van der Waals surface area contributed by atoms with Crippen molar-refractivity contribution in [1.29, 1.82) is 0 Å². The SMILES string of the molecule is CCNC(CN(C)CC1CC1C)C(C)CC. The van der Waals surface area contributed by atoms with Gasteiger partial charge in [-0.1, -0.05) is 34.1 Å². The van der Waals surface area contributed by atoms with Crippen LogP contribution in [0, 0.1) is 17.8 Å². The Labute approximate surface area is 102 Å². The van der Waals surface area contributed by atoms with E-state index in [1.54, 1.807) is 0 Å². The molecule has 96 valence electrons. The van der Waals surface area contributed by atoms with Crippen LogP contribution in [0.2, 0.25) is 0 Å². The van der Waals surface area contributed by atoms with Crippen molar-refractivity contribution in [3.63, 3.8) is 0 Å². The number of hydrogen-bond acceptors (Lipinski definition) is 2. The normalized spacial score (nSPS) is 28.1. The smallest absolute Gasteiger partial charge is 0.0220 e. The van der Waals surface area contributed by atoms with Crippen LogP contribution in [0.15, 0.2) is 0 Å². The van der Waals surface area contributed by atoms with Gasteiger partial charge in [-0.3, -0.25) is 0 Å². The van der Waals surface area contributed by atoms with Gasteiger partial charge in [-0.05, 0) is 37.8 Å². The van der Waals surface area contributed by atoms with Crippen LogP contribution in [0.4, 0.5) is 0 Å². The van der Waals surface area contributed by atoms with Crippen LogP contribution >= 0.6 is 0 Å². The molecule has 0 spiro atoms. The predicted molar refractivity (Wildman–Crippen MR) is 71.7 cm³/mol. The van der Waals surface area contributed by atoms with Crippen molar-refractivity contribution in [1.82, 2.24) is 10.2 Å². The Morgan fingerprint density at radius 1 is 1.38 bits per heavy atom. The summed E-state index contributed by atoms with van der Waals surface area (Å²) in [5, 5.41) is 3.63. The average molecular weight is 226 g/mol. The van der Waals surface area contributed by atoms with Crippen molar-refractivity contribution in [3.05, 3.63) is 0 Å². The molecular formula is C14H30N2. The highest BCUT2D eigenvalue weighted by Crippen LogP contribution is 2.37. The highest BCUT2D eigenvalue weighted by molar-refractivity contribution is 4.85. The van der Waals surface area contributed by atoms with Crippen molar-refractivity contribution in [2.75, 3.05) is 26.7 Å². The van der Waals surface area contributed by atoms with Crippen molar-refractivity contribution < 1.29 is 0 Å². The summed E-state index contributed by atoms with van der Waals surface area (Å²) < 4.78 is 0. The zero-order chi connectivity index (χ0) is 12.1. The summed E-state index contributed by atoms with van der Waals surface area (Å²) in [6.07, 6.45) is 2.71. The number of likely N-dealkylation sites (N-methyl/N-ethyl adjacent to an activating group) is 2.